The van der Waals surface area contributed by atoms with Gasteiger partial charge in [0.1, 0.15) is 0 Å². The molecule has 1 radical (unpaired) electrons. The smallest absolute Gasteiger partial charge is 0.0170 e. The molecule has 0 atom stereocenters. The van der Waals surface area contributed by atoms with E-state index in [1.165, 1.54) is 27.8 Å². The fourth-order valence-corrected chi connectivity index (χ4v) is 2.51. The van der Waals surface area contributed by atoms with Crippen molar-refractivity contribution >= 4 is 5.57 Å². The highest BCUT2D eigenvalue weighted by molar-refractivity contribution is 5.89. The largest absolute Gasteiger partial charge is 0.0622 e. The SMILES string of the molecule is CCC1=C(c2ccccc2)c2ccccc2[CH]1. The molecule has 0 fully saturated rings. The summed E-state index contributed by atoms with van der Waals surface area (Å²) >= 11 is 0. The highest BCUT2D eigenvalue weighted by atomic mass is 14.2. The van der Waals surface area contributed by atoms with Crippen molar-refractivity contribution in [3.63, 3.8) is 0 Å². The summed E-state index contributed by atoms with van der Waals surface area (Å²) in [7, 11) is 0. The van der Waals surface area contributed by atoms with E-state index in [1.54, 1.807) is 0 Å². The van der Waals surface area contributed by atoms with Crippen molar-refractivity contribution in [1.29, 1.82) is 0 Å². The van der Waals surface area contributed by atoms with Crippen LogP contribution in [0.15, 0.2) is 60.2 Å². The molecular weight excluding hydrogens is 204 g/mol. The number of hydrogen-bond donors (Lipinski definition) is 0. The van der Waals surface area contributed by atoms with Crippen molar-refractivity contribution in [1.82, 2.24) is 0 Å². The first-order chi connectivity index (χ1) is 8.40. The molecule has 0 nitrogen and oxygen atoms in total. The molecular formula is C17H15. The number of benzene rings is 2. The Labute approximate surface area is 103 Å². The third-order valence-corrected chi connectivity index (χ3v) is 3.32. The number of hydrogen-bond acceptors (Lipinski definition) is 0. The zero-order chi connectivity index (χ0) is 11.7. The van der Waals surface area contributed by atoms with Crippen LogP contribution in [-0.4, -0.2) is 0 Å². The lowest BCUT2D eigenvalue weighted by Crippen LogP contribution is -1.87. The van der Waals surface area contributed by atoms with Crippen LogP contribution in [0.25, 0.3) is 5.57 Å². The van der Waals surface area contributed by atoms with Crippen molar-refractivity contribution in [3.8, 4) is 0 Å². The zero-order valence-electron chi connectivity index (χ0n) is 9.98. The molecule has 0 saturated carbocycles. The van der Waals surface area contributed by atoms with Gasteiger partial charge < -0.3 is 0 Å². The number of fused-ring (bicyclic) bond motifs is 1. The van der Waals surface area contributed by atoms with Crippen LogP contribution < -0.4 is 0 Å². The lowest BCUT2D eigenvalue weighted by Gasteiger charge is -2.07. The maximum atomic E-state index is 2.32. The second-order valence-corrected chi connectivity index (χ2v) is 4.35. The van der Waals surface area contributed by atoms with Gasteiger partial charge in [0, 0.05) is 6.42 Å². The van der Waals surface area contributed by atoms with Gasteiger partial charge in [-0.25, -0.2) is 0 Å². The van der Waals surface area contributed by atoms with Gasteiger partial charge in [-0.15, -0.1) is 0 Å². The Morgan fingerprint density at radius 1 is 0.824 bits per heavy atom. The first-order valence-electron chi connectivity index (χ1n) is 6.13. The summed E-state index contributed by atoms with van der Waals surface area (Å²) in [6.07, 6.45) is 3.40. The molecule has 0 aliphatic heterocycles. The Hall–Kier alpha value is -1.82. The molecule has 2 aromatic carbocycles. The van der Waals surface area contributed by atoms with E-state index in [0.717, 1.165) is 6.42 Å². The molecule has 0 saturated heterocycles. The molecule has 17 heavy (non-hydrogen) atoms. The highest BCUT2D eigenvalue weighted by Crippen LogP contribution is 2.39. The van der Waals surface area contributed by atoms with Crippen molar-refractivity contribution in [2.75, 3.05) is 0 Å². The van der Waals surface area contributed by atoms with Gasteiger partial charge in [0.25, 0.3) is 0 Å². The molecule has 1 aliphatic rings. The minimum absolute atomic E-state index is 1.08. The molecule has 0 bridgehead atoms. The topological polar surface area (TPSA) is 0 Å². The second-order valence-electron chi connectivity index (χ2n) is 4.35. The van der Waals surface area contributed by atoms with Gasteiger partial charge in [-0.05, 0) is 28.7 Å². The van der Waals surface area contributed by atoms with Gasteiger partial charge in [0.15, 0.2) is 0 Å². The summed E-state index contributed by atoms with van der Waals surface area (Å²) in [6, 6.07) is 19.3. The molecule has 83 valence electrons. The van der Waals surface area contributed by atoms with Crippen molar-refractivity contribution in [2.24, 2.45) is 0 Å². The zero-order valence-corrected chi connectivity index (χ0v) is 9.98. The maximum absolute atomic E-state index is 2.32. The van der Waals surface area contributed by atoms with E-state index in [-0.39, 0.29) is 0 Å². The first kappa shape index (κ1) is 10.3. The maximum Gasteiger partial charge on any atom is 0.0170 e. The van der Waals surface area contributed by atoms with Gasteiger partial charge in [-0.2, -0.15) is 0 Å². The molecule has 0 unspecified atom stereocenters. The summed E-state index contributed by atoms with van der Waals surface area (Å²) in [4.78, 5) is 0. The molecule has 3 rings (SSSR count). The Balaban J connectivity index is 2.19. The normalized spacial score (nSPS) is 13.9. The summed E-state index contributed by atoms with van der Waals surface area (Å²) in [5.74, 6) is 0. The van der Waals surface area contributed by atoms with E-state index >= 15 is 0 Å². The van der Waals surface area contributed by atoms with Crippen molar-refractivity contribution in [2.45, 2.75) is 13.3 Å². The van der Waals surface area contributed by atoms with Gasteiger partial charge in [-0.3, -0.25) is 0 Å². The average Bonchev–Trinajstić information content (AvgIpc) is 2.78. The fraction of sp³-hybridized carbons (Fsp3) is 0.118. The standard InChI is InChI=1S/C17H15/c1-2-13-12-15-10-6-7-11-16(15)17(13)14-8-4-3-5-9-14/h3-12H,2H2,1H3. The predicted octanol–water partition coefficient (Wildman–Crippen LogP) is 4.46. The fourth-order valence-electron chi connectivity index (χ4n) is 2.51. The Bertz CT molecular complexity index is 562. The highest BCUT2D eigenvalue weighted by Gasteiger charge is 2.20. The van der Waals surface area contributed by atoms with Crippen LogP contribution in [0.2, 0.25) is 0 Å². The molecule has 0 amide bonds. The van der Waals surface area contributed by atoms with Crippen molar-refractivity contribution < 1.29 is 0 Å². The van der Waals surface area contributed by atoms with E-state index in [1.807, 2.05) is 0 Å². The van der Waals surface area contributed by atoms with Crippen LogP contribution in [0, 0.1) is 6.42 Å². The Kier molecular flexibility index (Phi) is 2.56. The van der Waals surface area contributed by atoms with Crippen molar-refractivity contribution in [3.05, 3.63) is 83.3 Å². The molecule has 1 aliphatic carbocycles. The van der Waals surface area contributed by atoms with E-state index < -0.39 is 0 Å². The van der Waals surface area contributed by atoms with Crippen LogP contribution in [0.4, 0.5) is 0 Å². The van der Waals surface area contributed by atoms with Crippen LogP contribution >= 0.6 is 0 Å². The van der Waals surface area contributed by atoms with Crippen LogP contribution in [0.3, 0.4) is 0 Å². The quantitative estimate of drug-likeness (QED) is 0.699. The van der Waals surface area contributed by atoms with Gasteiger partial charge >= 0.3 is 0 Å². The van der Waals surface area contributed by atoms with Crippen LogP contribution in [0.5, 0.6) is 0 Å². The van der Waals surface area contributed by atoms with Crippen LogP contribution in [0.1, 0.15) is 30.0 Å². The molecule has 0 N–H and O–H groups in total. The molecule has 2 aromatic rings. The van der Waals surface area contributed by atoms with E-state index in [0.29, 0.717) is 0 Å². The summed E-state index contributed by atoms with van der Waals surface area (Å²) < 4.78 is 0. The number of rotatable bonds is 2. The molecule has 0 heterocycles. The molecule has 0 aromatic heterocycles. The molecule has 0 heteroatoms. The summed E-state index contributed by atoms with van der Waals surface area (Å²) in [5.41, 5.74) is 6.89. The second kappa shape index (κ2) is 4.21. The van der Waals surface area contributed by atoms with E-state index in [9.17, 15) is 0 Å². The third kappa shape index (κ3) is 1.70. The Morgan fingerprint density at radius 2 is 1.53 bits per heavy atom. The lowest BCUT2D eigenvalue weighted by atomic mass is 9.97. The third-order valence-electron chi connectivity index (χ3n) is 3.32. The van der Waals surface area contributed by atoms with Crippen LogP contribution in [-0.2, 0) is 0 Å². The molecule has 0 spiro atoms. The van der Waals surface area contributed by atoms with E-state index in [2.05, 4.69) is 67.9 Å². The minimum Gasteiger partial charge on any atom is -0.0622 e. The van der Waals surface area contributed by atoms with Gasteiger partial charge in [0.05, 0.1) is 0 Å². The van der Waals surface area contributed by atoms with Gasteiger partial charge in [-0.1, -0.05) is 67.1 Å². The lowest BCUT2D eigenvalue weighted by molar-refractivity contribution is 1.13. The predicted molar refractivity (Wildman–Crippen MR) is 72.6 cm³/mol. The Morgan fingerprint density at radius 3 is 2.29 bits per heavy atom. The van der Waals surface area contributed by atoms with Gasteiger partial charge in [0.2, 0.25) is 0 Å². The summed E-state index contributed by atoms with van der Waals surface area (Å²) in [5, 5.41) is 0. The summed E-state index contributed by atoms with van der Waals surface area (Å²) in [6.45, 7) is 2.22. The first-order valence-corrected chi connectivity index (χ1v) is 6.13. The monoisotopic (exact) mass is 219 g/mol. The van der Waals surface area contributed by atoms with E-state index in [4.69, 9.17) is 0 Å². The average molecular weight is 219 g/mol. The minimum atomic E-state index is 1.08. The number of allylic oxidation sites excluding steroid dienone is 1.